The zero-order chi connectivity index (χ0) is 13.6. The molecule has 106 valence electrons. The summed E-state index contributed by atoms with van der Waals surface area (Å²) in [5.74, 6) is 1.02. The summed E-state index contributed by atoms with van der Waals surface area (Å²) in [6.45, 7) is 3.76. The molecular formula is C13H22N4O2. The number of nitrogens with zero attached hydrogens (tertiary/aromatic N) is 3. The van der Waals surface area contributed by atoms with E-state index in [-0.39, 0.29) is 0 Å². The standard InChI is InChI=1S/C13H22N4O2/c1-8-10(5-14-9-3-4-9)13(16(2)15-8)17-6-11(18)12(19)7-17/h9,11-12,14,18-19H,3-7H2,1-2H3. The second-order valence-electron chi connectivity index (χ2n) is 5.71. The van der Waals surface area contributed by atoms with E-state index in [4.69, 9.17) is 0 Å². The van der Waals surface area contributed by atoms with Crippen LogP contribution in [0.3, 0.4) is 0 Å². The number of hydrogen-bond donors (Lipinski definition) is 3. The van der Waals surface area contributed by atoms with Crippen molar-refractivity contribution in [3.8, 4) is 0 Å². The molecule has 2 aliphatic rings. The van der Waals surface area contributed by atoms with Crippen LogP contribution in [0, 0.1) is 6.92 Å². The molecule has 0 aromatic carbocycles. The highest BCUT2D eigenvalue weighted by molar-refractivity contribution is 5.51. The lowest BCUT2D eigenvalue weighted by Crippen LogP contribution is -2.26. The molecule has 0 amide bonds. The van der Waals surface area contributed by atoms with Crippen LogP contribution >= 0.6 is 0 Å². The van der Waals surface area contributed by atoms with Crippen LogP contribution in [0.15, 0.2) is 0 Å². The number of β-amino-alcohol motifs (C(OH)–C–C–N with tert-alkyl or cyclic N) is 2. The first-order chi connectivity index (χ1) is 9.06. The fourth-order valence-electron chi connectivity index (χ4n) is 2.77. The average molecular weight is 266 g/mol. The van der Waals surface area contributed by atoms with Crippen molar-refractivity contribution >= 4 is 5.82 Å². The molecule has 6 nitrogen and oxygen atoms in total. The van der Waals surface area contributed by atoms with Crippen LogP contribution in [0.1, 0.15) is 24.1 Å². The van der Waals surface area contributed by atoms with E-state index >= 15 is 0 Å². The fourth-order valence-corrected chi connectivity index (χ4v) is 2.77. The largest absolute Gasteiger partial charge is 0.389 e. The maximum Gasteiger partial charge on any atom is 0.131 e. The van der Waals surface area contributed by atoms with Crippen molar-refractivity contribution in [2.24, 2.45) is 7.05 Å². The predicted octanol–water partition coefficient (Wildman–Crippen LogP) is -0.478. The maximum atomic E-state index is 9.71. The Morgan fingerprint density at radius 1 is 1.26 bits per heavy atom. The van der Waals surface area contributed by atoms with Crippen molar-refractivity contribution in [3.05, 3.63) is 11.3 Å². The highest BCUT2D eigenvalue weighted by Crippen LogP contribution is 2.28. The van der Waals surface area contributed by atoms with Gasteiger partial charge in [-0.05, 0) is 19.8 Å². The summed E-state index contributed by atoms with van der Waals surface area (Å²) in [6.07, 6.45) is 1.19. The van der Waals surface area contributed by atoms with Gasteiger partial charge in [-0.1, -0.05) is 0 Å². The molecule has 2 atom stereocenters. The smallest absolute Gasteiger partial charge is 0.131 e. The number of aliphatic hydroxyl groups excluding tert-OH is 2. The number of nitrogens with one attached hydrogen (secondary N) is 1. The molecule has 0 radical (unpaired) electrons. The van der Waals surface area contributed by atoms with Crippen molar-refractivity contribution in [2.75, 3.05) is 18.0 Å². The van der Waals surface area contributed by atoms with Crippen LogP contribution in [0.2, 0.25) is 0 Å². The first kappa shape index (κ1) is 12.9. The van der Waals surface area contributed by atoms with Gasteiger partial charge in [-0.3, -0.25) is 4.68 Å². The number of aryl methyl sites for hydroxylation is 2. The quantitative estimate of drug-likeness (QED) is 0.686. The minimum absolute atomic E-state index is 0.469. The second-order valence-corrected chi connectivity index (χ2v) is 5.71. The van der Waals surface area contributed by atoms with E-state index < -0.39 is 12.2 Å². The van der Waals surface area contributed by atoms with Crippen molar-refractivity contribution in [1.82, 2.24) is 15.1 Å². The summed E-state index contributed by atoms with van der Waals surface area (Å²) in [6, 6.07) is 0.655. The lowest BCUT2D eigenvalue weighted by molar-refractivity contribution is 0.0572. The van der Waals surface area contributed by atoms with Crippen molar-refractivity contribution in [3.63, 3.8) is 0 Å². The van der Waals surface area contributed by atoms with Gasteiger partial charge in [0, 0.05) is 38.3 Å². The monoisotopic (exact) mass is 266 g/mol. The zero-order valence-electron chi connectivity index (χ0n) is 11.5. The summed E-state index contributed by atoms with van der Waals surface area (Å²) in [5.41, 5.74) is 2.19. The molecule has 0 spiro atoms. The van der Waals surface area contributed by atoms with E-state index in [1.807, 2.05) is 23.6 Å². The van der Waals surface area contributed by atoms with Gasteiger partial charge in [0.1, 0.15) is 5.82 Å². The van der Waals surface area contributed by atoms with Gasteiger partial charge < -0.3 is 20.4 Å². The van der Waals surface area contributed by atoms with Gasteiger partial charge in [0.25, 0.3) is 0 Å². The molecule has 1 aliphatic carbocycles. The minimum Gasteiger partial charge on any atom is -0.389 e. The van der Waals surface area contributed by atoms with E-state index in [0.29, 0.717) is 19.1 Å². The van der Waals surface area contributed by atoms with Gasteiger partial charge >= 0.3 is 0 Å². The fraction of sp³-hybridized carbons (Fsp3) is 0.769. The summed E-state index contributed by atoms with van der Waals surface area (Å²) in [7, 11) is 1.92. The van der Waals surface area contributed by atoms with E-state index in [2.05, 4.69) is 10.4 Å². The van der Waals surface area contributed by atoms with Crippen LogP contribution in [0.25, 0.3) is 0 Å². The molecule has 19 heavy (non-hydrogen) atoms. The summed E-state index contributed by atoms with van der Waals surface area (Å²) < 4.78 is 1.85. The van der Waals surface area contributed by atoms with Crippen LogP contribution in [0.5, 0.6) is 0 Å². The Kier molecular flexibility index (Phi) is 3.24. The van der Waals surface area contributed by atoms with Crippen LogP contribution in [-0.4, -0.2) is 51.3 Å². The predicted molar refractivity (Wildman–Crippen MR) is 72.0 cm³/mol. The summed E-state index contributed by atoms with van der Waals surface area (Å²) in [5, 5.41) is 27.4. The molecule has 1 saturated carbocycles. The molecule has 1 aliphatic heterocycles. The number of rotatable bonds is 4. The third kappa shape index (κ3) is 2.48. The molecule has 2 unspecified atom stereocenters. The third-order valence-electron chi connectivity index (χ3n) is 4.02. The zero-order valence-corrected chi connectivity index (χ0v) is 11.5. The highest BCUT2D eigenvalue weighted by Gasteiger charge is 2.33. The highest BCUT2D eigenvalue weighted by atomic mass is 16.3. The Hall–Kier alpha value is -1.11. The summed E-state index contributed by atoms with van der Waals surface area (Å²) >= 11 is 0. The molecule has 0 bridgehead atoms. The number of anilines is 1. The van der Waals surface area contributed by atoms with Crippen molar-refractivity contribution < 1.29 is 10.2 Å². The van der Waals surface area contributed by atoms with Gasteiger partial charge in [0.15, 0.2) is 0 Å². The van der Waals surface area contributed by atoms with Gasteiger partial charge in [-0.15, -0.1) is 0 Å². The Morgan fingerprint density at radius 2 is 1.89 bits per heavy atom. The maximum absolute atomic E-state index is 9.71. The average Bonchev–Trinajstić information content (AvgIpc) is 3.05. The number of hydrogen-bond acceptors (Lipinski definition) is 5. The Morgan fingerprint density at radius 3 is 2.47 bits per heavy atom. The van der Waals surface area contributed by atoms with E-state index in [1.165, 1.54) is 18.4 Å². The third-order valence-corrected chi connectivity index (χ3v) is 4.02. The van der Waals surface area contributed by atoms with E-state index in [0.717, 1.165) is 18.1 Å². The molecule has 6 heteroatoms. The van der Waals surface area contributed by atoms with E-state index in [1.54, 1.807) is 0 Å². The van der Waals surface area contributed by atoms with Crippen molar-refractivity contribution in [2.45, 2.75) is 44.6 Å². The Labute approximate surface area is 113 Å². The lowest BCUT2D eigenvalue weighted by Gasteiger charge is -2.20. The molecule has 2 heterocycles. The van der Waals surface area contributed by atoms with Gasteiger partial charge in [0.2, 0.25) is 0 Å². The molecular weight excluding hydrogens is 244 g/mol. The molecule has 1 aromatic heterocycles. The number of aromatic nitrogens is 2. The topological polar surface area (TPSA) is 73.6 Å². The first-order valence-electron chi connectivity index (χ1n) is 6.93. The molecule has 2 fully saturated rings. The van der Waals surface area contributed by atoms with Gasteiger partial charge in [-0.25, -0.2) is 0 Å². The SMILES string of the molecule is Cc1nn(C)c(N2CC(O)C(O)C2)c1CNC1CC1. The van der Waals surface area contributed by atoms with Gasteiger partial charge in [-0.2, -0.15) is 5.10 Å². The lowest BCUT2D eigenvalue weighted by atomic mass is 10.2. The van der Waals surface area contributed by atoms with Crippen LogP contribution in [0.4, 0.5) is 5.82 Å². The van der Waals surface area contributed by atoms with Crippen LogP contribution in [-0.2, 0) is 13.6 Å². The Balaban J connectivity index is 1.82. The molecule has 3 rings (SSSR count). The first-order valence-corrected chi connectivity index (χ1v) is 6.93. The van der Waals surface area contributed by atoms with Crippen LogP contribution < -0.4 is 10.2 Å². The molecule has 1 aromatic rings. The Bertz CT molecular complexity index is 459. The normalized spacial score (nSPS) is 27.3. The minimum atomic E-state index is -0.667. The summed E-state index contributed by atoms with van der Waals surface area (Å²) in [4.78, 5) is 2.03. The van der Waals surface area contributed by atoms with Gasteiger partial charge in [0.05, 0.1) is 17.9 Å². The van der Waals surface area contributed by atoms with Crippen molar-refractivity contribution in [1.29, 1.82) is 0 Å². The van der Waals surface area contributed by atoms with E-state index in [9.17, 15) is 10.2 Å². The molecule has 1 saturated heterocycles. The number of aliphatic hydroxyl groups is 2. The second kappa shape index (κ2) is 4.77. The molecule has 3 N–H and O–H groups in total.